The van der Waals surface area contributed by atoms with E-state index in [1.54, 1.807) is 12.1 Å². The molecule has 4 nitrogen and oxygen atoms in total. The number of nitrogens with zero attached hydrogens (tertiary/aromatic N) is 1. The van der Waals surface area contributed by atoms with Crippen LogP contribution in [0.5, 0.6) is 5.75 Å². The molecule has 0 unspecified atom stereocenters. The van der Waals surface area contributed by atoms with E-state index in [2.05, 4.69) is 11.8 Å². The van der Waals surface area contributed by atoms with E-state index in [4.69, 9.17) is 15.4 Å². The highest BCUT2D eigenvalue weighted by Gasteiger charge is 2.32. The smallest absolute Gasteiger partial charge is 0.261 e. The van der Waals surface area contributed by atoms with Crippen LogP contribution in [-0.2, 0) is 9.05 Å². The number of ether oxygens (including phenoxy) is 1. The minimum atomic E-state index is -3.71. The van der Waals surface area contributed by atoms with Gasteiger partial charge in [0.1, 0.15) is 11.4 Å². The fourth-order valence-corrected chi connectivity index (χ4v) is 3.10. The lowest BCUT2D eigenvalue weighted by atomic mass is 10.0. The van der Waals surface area contributed by atoms with Crippen LogP contribution in [0.2, 0.25) is 0 Å². The molecule has 0 radical (unpaired) electrons. The Morgan fingerprint density at radius 1 is 1.42 bits per heavy atom. The van der Waals surface area contributed by atoms with Gasteiger partial charge in [0.25, 0.3) is 9.05 Å². The van der Waals surface area contributed by atoms with Gasteiger partial charge in [-0.3, -0.25) is 0 Å². The molecule has 1 heterocycles. The molecule has 0 fully saturated rings. The van der Waals surface area contributed by atoms with Crippen molar-refractivity contribution in [1.29, 1.82) is 0 Å². The van der Waals surface area contributed by atoms with E-state index in [9.17, 15) is 8.42 Å². The van der Waals surface area contributed by atoms with E-state index in [0.29, 0.717) is 5.75 Å². The van der Waals surface area contributed by atoms with E-state index < -0.39 is 9.05 Å². The van der Waals surface area contributed by atoms with Crippen molar-refractivity contribution in [3.05, 3.63) is 18.2 Å². The number of benzene rings is 1. The third-order valence-corrected chi connectivity index (χ3v) is 4.36. The Morgan fingerprint density at radius 2 is 2.11 bits per heavy atom. The van der Waals surface area contributed by atoms with E-state index in [1.165, 1.54) is 6.07 Å². The van der Waals surface area contributed by atoms with Crippen molar-refractivity contribution in [2.75, 3.05) is 18.0 Å². The number of halogens is 1. The molecule has 0 aromatic heterocycles. The maximum absolute atomic E-state index is 11.4. The summed E-state index contributed by atoms with van der Waals surface area (Å²) < 4.78 is 28.7. The van der Waals surface area contributed by atoms with Gasteiger partial charge in [-0.05, 0) is 38.5 Å². The van der Waals surface area contributed by atoms with Gasteiger partial charge in [-0.1, -0.05) is 6.92 Å². The average Bonchev–Trinajstić information content (AvgIpc) is 2.26. The Kier molecular flexibility index (Phi) is 3.71. The molecule has 1 aliphatic rings. The summed E-state index contributed by atoms with van der Waals surface area (Å²) in [4.78, 5) is 2.25. The highest BCUT2D eigenvalue weighted by molar-refractivity contribution is 8.13. The zero-order chi connectivity index (χ0) is 14.3. The van der Waals surface area contributed by atoms with E-state index in [-0.39, 0.29) is 10.5 Å². The van der Waals surface area contributed by atoms with E-state index >= 15 is 0 Å². The molecule has 1 aromatic carbocycles. The molecule has 1 aliphatic heterocycles. The molecular weight excluding hydrogens is 286 g/mol. The first-order chi connectivity index (χ1) is 8.73. The van der Waals surface area contributed by atoms with Gasteiger partial charge in [0.15, 0.2) is 0 Å². The Hall–Kier alpha value is -0.940. The fraction of sp³-hybridized carbons (Fsp3) is 0.538. The molecule has 2 rings (SSSR count). The molecule has 0 saturated heterocycles. The summed E-state index contributed by atoms with van der Waals surface area (Å²) in [5.41, 5.74) is 0.506. The number of hydrogen-bond acceptors (Lipinski definition) is 4. The molecule has 0 spiro atoms. The standard InChI is InChI=1S/C13H18ClNO3S/c1-4-7-15-9-13(2,3)18-12-6-5-10(8-11(12)15)19(14,16)17/h5-6,8H,4,7,9H2,1-3H3. The van der Waals surface area contributed by atoms with Crippen molar-refractivity contribution in [1.82, 2.24) is 0 Å². The van der Waals surface area contributed by atoms with Gasteiger partial charge in [0.05, 0.1) is 17.1 Å². The van der Waals surface area contributed by atoms with Crippen LogP contribution < -0.4 is 9.64 Å². The van der Waals surface area contributed by atoms with Crippen LogP contribution in [0.4, 0.5) is 5.69 Å². The lowest BCUT2D eigenvalue weighted by Crippen LogP contribution is -2.47. The summed E-state index contributed by atoms with van der Waals surface area (Å²) in [6.07, 6.45) is 0.980. The second-order valence-corrected chi connectivity index (χ2v) is 7.92. The predicted molar refractivity (Wildman–Crippen MR) is 76.7 cm³/mol. The molecule has 0 amide bonds. The Morgan fingerprint density at radius 3 is 2.68 bits per heavy atom. The summed E-state index contributed by atoms with van der Waals surface area (Å²) >= 11 is 0. The molecule has 0 atom stereocenters. The van der Waals surface area contributed by atoms with Crippen LogP contribution >= 0.6 is 10.7 Å². The first-order valence-electron chi connectivity index (χ1n) is 6.25. The lowest BCUT2D eigenvalue weighted by Gasteiger charge is -2.41. The highest BCUT2D eigenvalue weighted by Crippen LogP contribution is 2.38. The fourth-order valence-electron chi connectivity index (χ4n) is 2.33. The minimum absolute atomic E-state index is 0.109. The molecule has 106 valence electrons. The Balaban J connectivity index is 2.49. The van der Waals surface area contributed by atoms with Gasteiger partial charge in [0.2, 0.25) is 0 Å². The van der Waals surface area contributed by atoms with Gasteiger partial charge >= 0.3 is 0 Å². The van der Waals surface area contributed by atoms with Crippen LogP contribution in [0.15, 0.2) is 23.1 Å². The highest BCUT2D eigenvalue weighted by atomic mass is 35.7. The quantitative estimate of drug-likeness (QED) is 0.805. The van der Waals surface area contributed by atoms with Crippen molar-refractivity contribution in [3.63, 3.8) is 0 Å². The topological polar surface area (TPSA) is 46.6 Å². The van der Waals surface area contributed by atoms with Crippen molar-refractivity contribution >= 4 is 25.4 Å². The third kappa shape index (κ3) is 3.15. The van der Waals surface area contributed by atoms with Gasteiger partial charge in [-0.2, -0.15) is 0 Å². The predicted octanol–water partition coefficient (Wildman–Crippen LogP) is 3.00. The van der Waals surface area contributed by atoms with Crippen LogP contribution in [0.25, 0.3) is 0 Å². The summed E-state index contributed by atoms with van der Waals surface area (Å²) in [6, 6.07) is 4.74. The van der Waals surface area contributed by atoms with Crippen molar-refractivity contribution in [2.24, 2.45) is 0 Å². The molecule has 0 saturated carbocycles. The van der Waals surface area contributed by atoms with Crippen molar-refractivity contribution < 1.29 is 13.2 Å². The third-order valence-electron chi connectivity index (χ3n) is 3.00. The van der Waals surface area contributed by atoms with E-state index in [1.807, 2.05) is 13.8 Å². The molecule has 19 heavy (non-hydrogen) atoms. The Labute approximate surface area is 118 Å². The number of fused-ring (bicyclic) bond motifs is 1. The molecule has 0 N–H and O–H groups in total. The van der Waals surface area contributed by atoms with Gasteiger partial charge in [0, 0.05) is 17.2 Å². The van der Waals surface area contributed by atoms with Crippen LogP contribution in [0.3, 0.4) is 0 Å². The molecule has 0 bridgehead atoms. The van der Waals surface area contributed by atoms with Crippen molar-refractivity contribution in [2.45, 2.75) is 37.7 Å². The maximum Gasteiger partial charge on any atom is 0.261 e. The zero-order valence-electron chi connectivity index (χ0n) is 11.3. The largest absolute Gasteiger partial charge is 0.484 e. The van der Waals surface area contributed by atoms with Crippen LogP contribution in [-0.4, -0.2) is 27.1 Å². The first-order valence-corrected chi connectivity index (χ1v) is 8.56. The second kappa shape index (κ2) is 4.87. The van der Waals surface area contributed by atoms with Crippen LogP contribution in [0, 0.1) is 0 Å². The number of hydrogen-bond donors (Lipinski definition) is 0. The molecule has 1 aromatic rings. The second-order valence-electron chi connectivity index (χ2n) is 5.35. The lowest BCUT2D eigenvalue weighted by molar-refractivity contribution is 0.105. The van der Waals surface area contributed by atoms with Crippen LogP contribution in [0.1, 0.15) is 27.2 Å². The van der Waals surface area contributed by atoms with Gasteiger partial charge in [-0.15, -0.1) is 0 Å². The summed E-state index contributed by atoms with van der Waals surface area (Å²) in [5, 5.41) is 0. The molecule has 6 heteroatoms. The number of anilines is 1. The first kappa shape index (κ1) is 14.5. The SMILES string of the molecule is CCCN1CC(C)(C)Oc2ccc(S(=O)(=O)Cl)cc21. The zero-order valence-corrected chi connectivity index (χ0v) is 12.9. The van der Waals surface area contributed by atoms with Crippen molar-refractivity contribution in [3.8, 4) is 5.75 Å². The monoisotopic (exact) mass is 303 g/mol. The van der Waals surface area contributed by atoms with Gasteiger partial charge < -0.3 is 9.64 Å². The molecule has 0 aliphatic carbocycles. The number of rotatable bonds is 3. The summed E-state index contributed by atoms with van der Waals surface area (Å²) in [7, 11) is 1.68. The average molecular weight is 304 g/mol. The summed E-state index contributed by atoms with van der Waals surface area (Å²) in [5.74, 6) is 0.703. The minimum Gasteiger partial charge on any atom is -0.484 e. The normalized spacial score (nSPS) is 17.8. The maximum atomic E-state index is 11.4. The van der Waals surface area contributed by atoms with Gasteiger partial charge in [-0.25, -0.2) is 8.42 Å². The molecular formula is C13H18ClNO3S. The Bertz CT molecular complexity index is 584. The summed E-state index contributed by atoms with van der Waals surface area (Å²) in [6.45, 7) is 7.70. The van der Waals surface area contributed by atoms with E-state index in [0.717, 1.165) is 25.2 Å².